The zero-order valence-electron chi connectivity index (χ0n) is 17.5. The van der Waals surface area contributed by atoms with Gasteiger partial charge in [-0.05, 0) is 12.5 Å². The van der Waals surface area contributed by atoms with E-state index >= 15 is 0 Å². The molecule has 0 saturated carbocycles. The molecule has 2 saturated heterocycles. The highest BCUT2D eigenvalue weighted by molar-refractivity contribution is 5.89. The minimum atomic E-state index is -0.487. The third-order valence-corrected chi connectivity index (χ3v) is 5.62. The van der Waals surface area contributed by atoms with Crippen molar-refractivity contribution in [2.45, 2.75) is 18.9 Å². The van der Waals surface area contributed by atoms with Crippen molar-refractivity contribution >= 4 is 24.3 Å². The smallest absolute Gasteiger partial charge is 0.237 e. The normalized spacial score (nSPS) is 20.7. The Morgan fingerprint density at radius 2 is 2.03 bits per heavy atom. The molecule has 1 atom stereocenters. The number of hydrogen-bond acceptors (Lipinski definition) is 5. The van der Waals surface area contributed by atoms with Crippen molar-refractivity contribution in [3.63, 3.8) is 0 Å². The lowest BCUT2D eigenvalue weighted by Crippen LogP contribution is -2.56. The van der Waals surface area contributed by atoms with Gasteiger partial charge in [0.1, 0.15) is 5.75 Å². The summed E-state index contributed by atoms with van der Waals surface area (Å²) in [5.41, 5.74) is 0.971. The van der Waals surface area contributed by atoms with E-state index in [1.54, 1.807) is 16.9 Å². The summed E-state index contributed by atoms with van der Waals surface area (Å²) in [5, 5.41) is 2.88. The van der Waals surface area contributed by atoms with Crippen LogP contribution in [0.3, 0.4) is 0 Å². The predicted octanol–water partition coefficient (Wildman–Crippen LogP) is 0.590. The second-order valence-electron chi connectivity index (χ2n) is 7.53. The van der Waals surface area contributed by atoms with Crippen LogP contribution in [-0.2, 0) is 14.4 Å². The number of rotatable bonds is 7. The molecule has 2 heterocycles. The first-order chi connectivity index (χ1) is 14.6. The van der Waals surface area contributed by atoms with Crippen LogP contribution in [0.15, 0.2) is 30.3 Å². The minimum absolute atomic E-state index is 0.0384. The van der Waals surface area contributed by atoms with E-state index in [1.165, 1.54) is 0 Å². The molecular formula is C22H30N4O4. The molecule has 1 aromatic rings. The van der Waals surface area contributed by atoms with Crippen LogP contribution in [0, 0.1) is 0 Å². The topological polar surface area (TPSA) is 82.2 Å². The average molecular weight is 415 g/mol. The fourth-order valence-electron chi connectivity index (χ4n) is 3.91. The number of methoxy groups -OCH3 is 1. The number of carbonyl (C=O) groups is 3. The molecule has 30 heavy (non-hydrogen) atoms. The molecule has 1 aromatic carbocycles. The maximum Gasteiger partial charge on any atom is 0.237 e. The van der Waals surface area contributed by atoms with Crippen LogP contribution in [0.5, 0.6) is 5.75 Å². The average Bonchev–Trinajstić information content (AvgIpc) is 3.02. The summed E-state index contributed by atoms with van der Waals surface area (Å²) in [5.74, 6) is 0.649. The maximum absolute atomic E-state index is 12.9. The first kappa shape index (κ1) is 21.8. The standard InChI is InChI=1S/C22H30N4O4/c1-30-20-8-3-2-6-18(20)7-4-11-25-13-9-23-22(29)19(25)16-21(28)26-12-5-10-24(17-27)14-15-26/h2-4,6-8,17,19H,5,9-16H2,1H3,(H,23,29)/b7-4+/t19-/m1/s1. The SMILES string of the molecule is COc1ccccc1/C=C/CN1CCNC(=O)[C@H]1CC(=O)N1CCCN(C=O)CC1. The van der Waals surface area contributed by atoms with Crippen LogP contribution < -0.4 is 10.1 Å². The molecule has 2 aliphatic rings. The van der Waals surface area contributed by atoms with E-state index in [9.17, 15) is 14.4 Å². The Morgan fingerprint density at radius 1 is 1.20 bits per heavy atom. The summed E-state index contributed by atoms with van der Waals surface area (Å²) in [4.78, 5) is 41.8. The number of nitrogens with zero attached hydrogens (tertiary/aromatic N) is 3. The molecule has 2 fully saturated rings. The van der Waals surface area contributed by atoms with E-state index in [0.717, 1.165) is 24.1 Å². The molecular weight excluding hydrogens is 384 g/mol. The minimum Gasteiger partial charge on any atom is -0.496 e. The van der Waals surface area contributed by atoms with Crippen LogP contribution >= 0.6 is 0 Å². The number of amides is 3. The quantitative estimate of drug-likeness (QED) is 0.661. The molecule has 8 heteroatoms. The van der Waals surface area contributed by atoms with Crippen LogP contribution in [0.2, 0.25) is 0 Å². The summed E-state index contributed by atoms with van der Waals surface area (Å²) < 4.78 is 5.37. The van der Waals surface area contributed by atoms with Crippen LogP contribution in [0.1, 0.15) is 18.4 Å². The van der Waals surface area contributed by atoms with Gasteiger partial charge in [-0.1, -0.05) is 30.4 Å². The highest BCUT2D eigenvalue weighted by Gasteiger charge is 2.32. The molecule has 3 amide bonds. The molecule has 0 radical (unpaired) electrons. The molecule has 8 nitrogen and oxygen atoms in total. The Bertz CT molecular complexity index is 782. The van der Waals surface area contributed by atoms with Gasteiger partial charge in [0.05, 0.1) is 19.6 Å². The second kappa shape index (κ2) is 10.8. The van der Waals surface area contributed by atoms with Gasteiger partial charge in [-0.15, -0.1) is 0 Å². The molecule has 1 N–H and O–H groups in total. The lowest BCUT2D eigenvalue weighted by Gasteiger charge is -2.35. The summed E-state index contributed by atoms with van der Waals surface area (Å²) in [6, 6.07) is 7.26. The molecule has 0 unspecified atom stereocenters. The number of piperazine rings is 1. The number of benzene rings is 1. The van der Waals surface area contributed by atoms with Crippen LogP contribution in [0.25, 0.3) is 6.08 Å². The number of para-hydroxylation sites is 1. The van der Waals surface area contributed by atoms with Gasteiger partial charge in [0, 0.05) is 51.4 Å². The van der Waals surface area contributed by atoms with Gasteiger partial charge in [0.15, 0.2) is 0 Å². The van der Waals surface area contributed by atoms with Crippen molar-refractivity contribution in [3.05, 3.63) is 35.9 Å². The van der Waals surface area contributed by atoms with Gasteiger partial charge in [-0.2, -0.15) is 0 Å². The van der Waals surface area contributed by atoms with Crippen molar-refractivity contribution in [1.82, 2.24) is 20.0 Å². The molecule has 0 bridgehead atoms. The van der Waals surface area contributed by atoms with Gasteiger partial charge in [-0.3, -0.25) is 19.3 Å². The second-order valence-corrected chi connectivity index (χ2v) is 7.53. The van der Waals surface area contributed by atoms with Gasteiger partial charge in [0.2, 0.25) is 18.2 Å². The first-order valence-corrected chi connectivity index (χ1v) is 10.4. The van der Waals surface area contributed by atoms with Crippen molar-refractivity contribution in [2.24, 2.45) is 0 Å². The van der Waals surface area contributed by atoms with E-state index in [-0.39, 0.29) is 18.2 Å². The van der Waals surface area contributed by atoms with Gasteiger partial charge >= 0.3 is 0 Å². The highest BCUT2D eigenvalue weighted by Crippen LogP contribution is 2.19. The van der Waals surface area contributed by atoms with Crippen molar-refractivity contribution < 1.29 is 19.1 Å². The van der Waals surface area contributed by atoms with Gasteiger partial charge in [-0.25, -0.2) is 0 Å². The monoisotopic (exact) mass is 414 g/mol. The van der Waals surface area contributed by atoms with Crippen molar-refractivity contribution in [1.29, 1.82) is 0 Å². The molecule has 0 aliphatic carbocycles. The third-order valence-electron chi connectivity index (χ3n) is 5.62. The van der Waals surface area contributed by atoms with Crippen LogP contribution in [0.4, 0.5) is 0 Å². The van der Waals surface area contributed by atoms with E-state index in [0.29, 0.717) is 45.8 Å². The van der Waals surface area contributed by atoms with E-state index in [1.807, 2.05) is 41.3 Å². The van der Waals surface area contributed by atoms with Crippen LogP contribution in [-0.4, -0.2) is 91.9 Å². The predicted molar refractivity (Wildman–Crippen MR) is 114 cm³/mol. The largest absolute Gasteiger partial charge is 0.496 e. The molecule has 3 rings (SSSR count). The summed E-state index contributed by atoms with van der Waals surface area (Å²) in [6.07, 6.45) is 5.72. The number of nitrogens with one attached hydrogen (secondary N) is 1. The maximum atomic E-state index is 12.9. The number of ether oxygens (including phenoxy) is 1. The third kappa shape index (κ3) is 5.60. The number of carbonyl (C=O) groups excluding carboxylic acids is 3. The molecule has 0 aromatic heterocycles. The van der Waals surface area contributed by atoms with Crippen molar-refractivity contribution in [3.8, 4) is 5.75 Å². The van der Waals surface area contributed by atoms with E-state index < -0.39 is 6.04 Å². The van der Waals surface area contributed by atoms with E-state index in [4.69, 9.17) is 4.74 Å². The fourth-order valence-corrected chi connectivity index (χ4v) is 3.91. The lowest BCUT2D eigenvalue weighted by atomic mass is 10.1. The van der Waals surface area contributed by atoms with Gasteiger partial charge < -0.3 is 19.9 Å². The Labute approximate surface area is 177 Å². The summed E-state index contributed by atoms with van der Waals surface area (Å²) in [7, 11) is 1.64. The van der Waals surface area contributed by atoms with E-state index in [2.05, 4.69) is 5.32 Å². The lowest BCUT2D eigenvalue weighted by molar-refractivity contribution is -0.138. The summed E-state index contributed by atoms with van der Waals surface area (Å²) >= 11 is 0. The molecule has 0 spiro atoms. The Kier molecular flexibility index (Phi) is 7.84. The van der Waals surface area contributed by atoms with Gasteiger partial charge in [0.25, 0.3) is 0 Å². The Morgan fingerprint density at radius 3 is 2.83 bits per heavy atom. The first-order valence-electron chi connectivity index (χ1n) is 10.4. The molecule has 2 aliphatic heterocycles. The fraction of sp³-hybridized carbons (Fsp3) is 0.500. The summed E-state index contributed by atoms with van der Waals surface area (Å²) in [6.45, 7) is 4.17. The molecule has 162 valence electrons. The van der Waals surface area contributed by atoms with Crippen molar-refractivity contribution in [2.75, 3.05) is 52.9 Å². The Hall–Kier alpha value is -2.87. The highest BCUT2D eigenvalue weighted by atomic mass is 16.5. The zero-order chi connectivity index (χ0) is 21.3. The number of hydrogen-bond donors (Lipinski definition) is 1. The Balaban J connectivity index is 1.61. The zero-order valence-corrected chi connectivity index (χ0v) is 17.5.